The van der Waals surface area contributed by atoms with Crippen molar-refractivity contribution >= 4 is 26.8 Å². The van der Waals surface area contributed by atoms with Gasteiger partial charge in [-0.1, -0.05) is 90.4 Å². The van der Waals surface area contributed by atoms with E-state index < -0.39 is 0 Å². The van der Waals surface area contributed by atoms with Crippen LogP contribution in [0.1, 0.15) is 13.8 Å². The number of para-hydroxylation sites is 1. The highest BCUT2D eigenvalue weighted by atomic mass is 79.9. The van der Waals surface area contributed by atoms with Gasteiger partial charge >= 0.3 is 0 Å². The molecule has 4 rings (SSSR count). The van der Waals surface area contributed by atoms with E-state index in [1.165, 1.54) is 0 Å². The highest BCUT2D eigenvalue weighted by Crippen LogP contribution is 2.29. The van der Waals surface area contributed by atoms with Crippen molar-refractivity contribution in [3.63, 3.8) is 0 Å². The summed E-state index contributed by atoms with van der Waals surface area (Å²) >= 11 is 3.52. The summed E-state index contributed by atoms with van der Waals surface area (Å²) in [5, 5.41) is 1.07. The van der Waals surface area contributed by atoms with Gasteiger partial charge in [0.1, 0.15) is 0 Å². The summed E-state index contributed by atoms with van der Waals surface area (Å²) in [5.74, 6) is 0.740. The lowest BCUT2D eigenvalue weighted by atomic mass is 10.1. The van der Waals surface area contributed by atoms with Crippen LogP contribution in [-0.4, -0.2) is 9.97 Å². The first-order chi connectivity index (χ1) is 13.3. The summed E-state index contributed by atoms with van der Waals surface area (Å²) in [6.07, 6.45) is 0. The molecule has 0 aliphatic rings. The molecule has 136 valence electrons. The van der Waals surface area contributed by atoms with Crippen LogP contribution >= 0.6 is 15.9 Å². The number of rotatable bonds is 2. The fraction of sp³-hybridized carbons (Fsp3) is 0.0833. The Balaban J connectivity index is 0.000000614. The van der Waals surface area contributed by atoms with Gasteiger partial charge in [0, 0.05) is 21.0 Å². The maximum absolute atomic E-state index is 4.85. The molecule has 27 heavy (non-hydrogen) atoms. The first-order valence-corrected chi connectivity index (χ1v) is 9.69. The van der Waals surface area contributed by atoms with Gasteiger partial charge in [-0.25, -0.2) is 9.97 Å². The third-order valence-electron chi connectivity index (χ3n) is 3.73. The number of halogens is 1. The Bertz CT molecular complexity index is 997. The van der Waals surface area contributed by atoms with Crippen LogP contribution in [-0.2, 0) is 0 Å². The zero-order valence-corrected chi connectivity index (χ0v) is 17.3. The van der Waals surface area contributed by atoms with Crippen LogP contribution in [0.5, 0.6) is 0 Å². The largest absolute Gasteiger partial charge is 0.228 e. The van der Waals surface area contributed by atoms with Crippen molar-refractivity contribution in [2.24, 2.45) is 0 Å². The van der Waals surface area contributed by atoms with E-state index in [9.17, 15) is 0 Å². The second kappa shape index (κ2) is 10.4. The van der Waals surface area contributed by atoms with E-state index in [1.54, 1.807) is 0 Å². The monoisotopic (exact) mass is 418 g/mol. The Kier molecular flexibility index (Phi) is 7.90. The fourth-order valence-corrected chi connectivity index (χ4v) is 3.05. The number of nitrogens with zero attached hydrogens (tertiary/aromatic N) is 2. The number of fused-ring (bicyclic) bond motifs is 1. The van der Waals surface area contributed by atoms with Crippen LogP contribution < -0.4 is 0 Å². The van der Waals surface area contributed by atoms with Crippen LogP contribution in [0.2, 0.25) is 0 Å². The number of aromatic nitrogens is 2. The zero-order chi connectivity index (χ0) is 19.6. The third kappa shape index (κ3) is 4.89. The minimum Gasteiger partial charge on any atom is -0.228 e. The van der Waals surface area contributed by atoms with Gasteiger partial charge in [-0.15, -0.1) is 13.2 Å². The molecule has 0 aliphatic heterocycles. The van der Waals surface area contributed by atoms with E-state index in [0.717, 1.165) is 38.0 Å². The van der Waals surface area contributed by atoms with Crippen LogP contribution in [0.15, 0.2) is 96.5 Å². The summed E-state index contributed by atoms with van der Waals surface area (Å²) < 4.78 is 1.02. The van der Waals surface area contributed by atoms with Crippen molar-refractivity contribution in [1.82, 2.24) is 9.97 Å². The minimum absolute atomic E-state index is 0.740. The minimum atomic E-state index is 0.740. The van der Waals surface area contributed by atoms with Crippen molar-refractivity contribution in [2.45, 2.75) is 13.8 Å². The lowest BCUT2D eigenvalue weighted by molar-refractivity contribution is 1.23. The Morgan fingerprint density at radius 1 is 0.704 bits per heavy atom. The summed E-state index contributed by atoms with van der Waals surface area (Å²) in [7, 11) is 0. The average molecular weight is 419 g/mol. The molecule has 0 aliphatic carbocycles. The summed E-state index contributed by atoms with van der Waals surface area (Å²) in [6.45, 7) is 10.0. The number of hydrogen-bond donors (Lipinski definition) is 0. The molecular formula is C24H23BrN2. The van der Waals surface area contributed by atoms with Gasteiger partial charge in [-0.2, -0.15) is 0 Å². The van der Waals surface area contributed by atoms with E-state index in [0.29, 0.717) is 0 Å². The Morgan fingerprint density at radius 3 is 2.04 bits per heavy atom. The van der Waals surface area contributed by atoms with Gasteiger partial charge in [0.2, 0.25) is 0 Å². The van der Waals surface area contributed by atoms with E-state index in [-0.39, 0.29) is 0 Å². The molecule has 3 aromatic carbocycles. The molecular weight excluding hydrogens is 396 g/mol. The Morgan fingerprint density at radius 2 is 1.33 bits per heavy atom. The molecule has 1 heterocycles. The van der Waals surface area contributed by atoms with Gasteiger partial charge in [-0.05, 0) is 18.2 Å². The van der Waals surface area contributed by atoms with E-state index in [1.807, 2.05) is 74.5 Å². The lowest BCUT2D eigenvalue weighted by Gasteiger charge is -2.09. The van der Waals surface area contributed by atoms with Crippen molar-refractivity contribution in [2.75, 3.05) is 0 Å². The van der Waals surface area contributed by atoms with Gasteiger partial charge in [0.15, 0.2) is 5.82 Å². The maximum atomic E-state index is 4.85. The molecule has 0 saturated carbocycles. The SMILES string of the molecule is Brc1cccc(-c2nc(-c3ccccc3)c3ccccc3n2)c1.C=C.CC. The van der Waals surface area contributed by atoms with E-state index >= 15 is 0 Å². The van der Waals surface area contributed by atoms with E-state index in [4.69, 9.17) is 9.97 Å². The fourth-order valence-electron chi connectivity index (χ4n) is 2.65. The summed E-state index contributed by atoms with van der Waals surface area (Å²) in [4.78, 5) is 9.59. The van der Waals surface area contributed by atoms with Crippen LogP contribution in [0.4, 0.5) is 0 Å². The van der Waals surface area contributed by atoms with Crippen molar-refractivity contribution in [1.29, 1.82) is 0 Å². The lowest BCUT2D eigenvalue weighted by Crippen LogP contribution is -1.95. The van der Waals surface area contributed by atoms with Crippen molar-refractivity contribution in [3.05, 3.63) is 96.5 Å². The quantitative estimate of drug-likeness (QED) is 0.314. The second-order valence-corrected chi connectivity index (χ2v) is 6.21. The first kappa shape index (κ1) is 20.5. The molecule has 0 saturated heterocycles. The molecule has 3 heteroatoms. The maximum Gasteiger partial charge on any atom is 0.160 e. The molecule has 0 N–H and O–H groups in total. The molecule has 0 spiro atoms. The Hall–Kier alpha value is -2.78. The van der Waals surface area contributed by atoms with Crippen LogP contribution in [0, 0.1) is 0 Å². The third-order valence-corrected chi connectivity index (χ3v) is 4.23. The normalized spacial score (nSPS) is 9.59. The zero-order valence-electron chi connectivity index (χ0n) is 15.7. The smallest absolute Gasteiger partial charge is 0.160 e. The average Bonchev–Trinajstić information content (AvgIpc) is 2.76. The molecule has 0 bridgehead atoms. The van der Waals surface area contributed by atoms with Crippen molar-refractivity contribution < 1.29 is 0 Å². The Labute approximate surface area is 169 Å². The summed E-state index contributed by atoms with van der Waals surface area (Å²) in [5.41, 5.74) is 4.02. The first-order valence-electron chi connectivity index (χ1n) is 8.89. The van der Waals surface area contributed by atoms with E-state index in [2.05, 4.69) is 47.3 Å². The highest BCUT2D eigenvalue weighted by Gasteiger charge is 2.10. The topological polar surface area (TPSA) is 25.8 Å². The predicted molar refractivity (Wildman–Crippen MR) is 121 cm³/mol. The number of hydrogen-bond acceptors (Lipinski definition) is 2. The standard InChI is InChI=1S/C20H13BrN2.C2H6.C2H4/c21-16-10-6-9-15(13-16)20-22-18-12-5-4-11-17(18)19(23-20)14-7-2-1-3-8-14;2*1-2/h1-13H;1-2H3;1-2H2. The predicted octanol–water partition coefficient (Wildman–Crippen LogP) is 7.55. The van der Waals surface area contributed by atoms with Crippen LogP contribution in [0.3, 0.4) is 0 Å². The van der Waals surface area contributed by atoms with Gasteiger partial charge < -0.3 is 0 Å². The van der Waals surface area contributed by atoms with Gasteiger partial charge in [0.05, 0.1) is 11.2 Å². The van der Waals surface area contributed by atoms with Gasteiger partial charge in [-0.3, -0.25) is 0 Å². The van der Waals surface area contributed by atoms with Gasteiger partial charge in [0.25, 0.3) is 0 Å². The van der Waals surface area contributed by atoms with Crippen molar-refractivity contribution in [3.8, 4) is 22.6 Å². The molecule has 0 unspecified atom stereocenters. The summed E-state index contributed by atoms with van der Waals surface area (Å²) in [6, 6.07) is 26.5. The molecule has 0 radical (unpaired) electrons. The molecule has 4 aromatic rings. The number of benzene rings is 3. The molecule has 2 nitrogen and oxygen atoms in total. The molecule has 1 aromatic heterocycles. The second-order valence-electron chi connectivity index (χ2n) is 5.29. The molecule has 0 fully saturated rings. The molecule has 0 atom stereocenters. The molecule has 0 amide bonds. The highest BCUT2D eigenvalue weighted by molar-refractivity contribution is 9.10. The van der Waals surface area contributed by atoms with Crippen LogP contribution in [0.25, 0.3) is 33.5 Å².